The van der Waals surface area contributed by atoms with E-state index in [1.165, 1.54) is 6.07 Å². The summed E-state index contributed by atoms with van der Waals surface area (Å²) < 4.78 is 13.9. The number of fused-ring (bicyclic) bond motifs is 1. The Bertz CT molecular complexity index is 488. The van der Waals surface area contributed by atoms with Crippen LogP contribution >= 0.6 is 0 Å². The summed E-state index contributed by atoms with van der Waals surface area (Å²) in [5, 5.41) is 19.4. The van der Waals surface area contributed by atoms with Crippen molar-refractivity contribution < 1.29 is 14.6 Å². The zero-order valence-corrected chi connectivity index (χ0v) is 11.3. The SMILES string of the molecule is C[C@]12CCC(c3ccc(O)cc3F)C[C@H]1CC[C@@H]2O. The number of hydrogen-bond donors (Lipinski definition) is 2. The van der Waals surface area contributed by atoms with E-state index in [1.807, 2.05) is 0 Å². The number of aromatic hydroxyl groups is 1. The molecular formula is C16H21FO2. The maximum absolute atomic E-state index is 13.9. The van der Waals surface area contributed by atoms with Crippen LogP contribution < -0.4 is 0 Å². The highest BCUT2D eigenvalue weighted by Crippen LogP contribution is 2.55. The van der Waals surface area contributed by atoms with Gasteiger partial charge in [-0.1, -0.05) is 13.0 Å². The Morgan fingerprint density at radius 2 is 2.05 bits per heavy atom. The topological polar surface area (TPSA) is 40.5 Å². The van der Waals surface area contributed by atoms with Crippen LogP contribution in [0.4, 0.5) is 4.39 Å². The molecule has 2 aliphatic carbocycles. The standard InChI is InChI=1S/C16H21FO2/c1-16-7-6-10(8-11(16)2-5-15(16)19)13-4-3-12(18)9-14(13)17/h3-4,9-11,15,18-19H,2,5-8H2,1H3/t10?,11-,15+,16+/m1/s1. The Morgan fingerprint density at radius 3 is 2.79 bits per heavy atom. The summed E-state index contributed by atoms with van der Waals surface area (Å²) in [6, 6.07) is 4.48. The van der Waals surface area contributed by atoms with Crippen molar-refractivity contribution in [1.29, 1.82) is 0 Å². The molecule has 0 spiro atoms. The van der Waals surface area contributed by atoms with E-state index in [0.29, 0.717) is 5.92 Å². The van der Waals surface area contributed by atoms with Crippen LogP contribution in [0.15, 0.2) is 18.2 Å². The van der Waals surface area contributed by atoms with E-state index in [2.05, 4.69) is 6.92 Å². The summed E-state index contributed by atoms with van der Waals surface area (Å²) in [6.45, 7) is 2.18. The molecular weight excluding hydrogens is 243 g/mol. The van der Waals surface area contributed by atoms with Gasteiger partial charge < -0.3 is 10.2 Å². The molecule has 0 amide bonds. The van der Waals surface area contributed by atoms with Crippen LogP contribution in [0.25, 0.3) is 0 Å². The molecule has 0 heterocycles. The maximum atomic E-state index is 13.9. The van der Waals surface area contributed by atoms with Gasteiger partial charge in [-0.05, 0) is 61.0 Å². The Balaban J connectivity index is 1.82. The quantitative estimate of drug-likeness (QED) is 0.814. The third kappa shape index (κ3) is 2.04. The highest BCUT2D eigenvalue weighted by molar-refractivity contribution is 5.30. The molecule has 0 aromatic heterocycles. The van der Waals surface area contributed by atoms with Crippen molar-refractivity contribution in [1.82, 2.24) is 0 Å². The Morgan fingerprint density at radius 1 is 1.26 bits per heavy atom. The lowest BCUT2D eigenvalue weighted by atomic mass is 9.64. The van der Waals surface area contributed by atoms with Gasteiger partial charge >= 0.3 is 0 Å². The second-order valence-electron chi connectivity index (χ2n) is 6.47. The van der Waals surface area contributed by atoms with Gasteiger partial charge in [0.25, 0.3) is 0 Å². The number of aliphatic hydroxyl groups is 1. The lowest BCUT2D eigenvalue weighted by Gasteiger charge is -2.42. The van der Waals surface area contributed by atoms with Gasteiger partial charge in [-0.25, -0.2) is 4.39 Å². The molecule has 104 valence electrons. The van der Waals surface area contributed by atoms with Crippen LogP contribution in [-0.2, 0) is 0 Å². The van der Waals surface area contributed by atoms with Gasteiger partial charge in [0, 0.05) is 6.07 Å². The van der Waals surface area contributed by atoms with Crippen LogP contribution in [0.3, 0.4) is 0 Å². The van der Waals surface area contributed by atoms with Crippen molar-refractivity contribution in [2.24, 2.45) is 11.3 Å². The first-order chi connectivity index (χ1) is 9.00. The second-order valence-corrected chi connectivity index (χ2v) is 6.47. The molecule has 2 aliphatic rings. The molecule has 19 heavy (non-hydrogen) atoms. The average molecular weight is 264 g/mol. The molecule has 1 aromatic carbocycles. The number of phenols is 1. The van der Waals surface area contributed by atoms with Gasteiger partial charge in [0.05, 0.1) is 6.10 Å². The number of rotatable bonds is 1. The van der Waals surface area contributed by atoms with E-state index in [0.717, 1.165) is 37.7 Å². The largest absolute Gasteiger partial charge is 0.508 e. The predicted octanol–water partition coefficient (Wildman–Crippen LogP) is 3.58. The van der Waals surface area contributed by atoms with E-state index in [4.69, 9.17) is 0 Å². The molecule has 3 heteroatoms. The highest BCUT2D eigenvalue weighted by Gasteiger charge is 2.49. The van der Waals surface area contributed by atoms with E-state index in [1.54, 1.807) is 12.1 Å². The average Bonchev–Trinajstić information content (AvgIpc) is 2.66. The number of hydrogen-bond acceptors (Lipinski definition) is 2. The molecule has 2 nitrogen and oxygen atoms in total. The van der Waals surface area contributed by atoms with E-state index < -0.39 is 0 Å². The minimum absolute atomic E-state index is 0.0156. The molecule has 1 aromatic rings. The normalized spacial score (nSPS) is 38.2. The van der Waals surface area contributed by atoms with E-state index in [9.17, 15) is 14.6 Å². The first-order valence-electron chi connectivity index (χ1n) is 7.17. The number of phenolic OH excluding ortho intramolecular Hbond substituents is 1. The van der Waals surface area contributed by atoms with E-state index in [-0.39, 0.29) is 29.0 Å². The zero-order valence-electron chi connectivity index (χ0n) is 11.3. The summed E-state index contributed by atoms with van der Waals surface area (Å²) in [6.07, 6.45) is 4.58. The van der Waals surface area contributed by atoms with Crippen molar-refractivity contribution in [3.05, 3.63) is 29.6 Å². The van der Waals surface area contributed by atoms with E-state index >= 15 is 0 Å². The summed E-state index contributed by atoms with van der Waals surface area (Å²) in [5.74, 6) is 0.406. The fraction of sp³-hybridized carbons (Fsp3) is 0.625. The summed E-state index contributed by atoms with van der Waals surface area (Å²) in [7, 11) is 0. The minimum atomic E-state index is -0.299. The highest BCUT2D eigenvalue weighted by atomic mass is 19.1. The molecule has 1 unspecified atom stereocenters. The van der Waals surface area contributed by atoms with Crippen LogP contribution in [-0.4, -0.2) is 16.3 Å². The van der Waals surface area contributed by atoms with Crippen molar-refractivity contribution >= 4 is 0 Å². The Labute approximate surface area is 113 Å². The van der Waals surface area contributed by atoms with Crippen LogP contribution in [0.5, 0.6) is 5.75 Å². The van der Waals surface area contributed by atoms with Crippen LogP contribution in [0, 0.1) is 17.2 Å². The Kier molecular flexibility index (Phi) is 3.05. The Hall–Kier alpha value is -1.09. The molecule has 0 saturated heterocycles. The first kappa shape index (κ1) is 12.9. The molecule has 0 bridgehead atoms. The summed E-state index contributed by atoms with van der Waals surface area (Å²) in [5.41, 5.74) is 0.755. The molecule has 2 saturated carbocycles. The molecule has 0 aliphatic heterocycles. The van der Waals surface area contributed by atoms with Crippen molar-refractivity contribution in [2.45, 2.75) is 51.0 Å². The molecule has 2 N–H and O–H groups in total. The smallest absolute Gasteiger partial charge is 0.130 e. The molecule has 4 atom stereocenters. The molecule has 2 fully saturated rings. The second kappa shape index (κ2) is 4.48. The van der Waals surface area contributed by atoms with Gasteiger partial charge in [-0.15, -0.1) is 0 Å². The third-order valence-corrected chi connectivity index (χ3v) is 5.51. The van der Waals surface area contributed by atoms with Crippen molar-refractivity contribution in [3.63, 3.8) is 0 Å². The summed E-state index contributed by atoms with van der Waals surface area (Å²) >= 11 is 0. The fourth-order valence-electron chi connectivity index (χ4n) is 4.12. The predicted molar refractivity (Wildman–Crippen MR) is 71.5 cm³/mol. The number of benzene rings is 1. The lowest BCUT2D eigenvalue weighted by Crippen LogP contribution is -2.37. The van der Waals surface area contributed by atoms with Crippen molar-refractivity contribution in [2.75, 3.05) is 0 Å². The maximum Gasteiger partial charge on any atom is 0.130 e. The monoisotopic (exact) mass is 264 g/mol. The minimum Gasteiger partial charge on any atom is -0.508 e. The van der Waals surface area contributed by atoms with Gasteiger partial charge in [0.15, 0.2) is 0 Å². The van der Waals surface area contributed by atoms with Gasteiger partial charge in [-0.2, -0.15) is 0 Å². The van der Waals surface area contributed by atoms with Crippen LogP contribution in [0.1, 0.15) is 50.5 Å². The number of halogens is 1. The number of aliphatic hydroxyl groups excluding tert-OH is 1. The van der Waals surface area contributed by atoms with Crippen LogP contribution in [0.2, 0.25) is 0 Å². The fourth-order valence-corrected chi connectivity index (χ4v) is 4.12. The molecule has 3 rings (SSSR count). The van der Waals surface area contributed by atoms with Crippen molar-refractivity contribution in [3.8, 4) is 5.75 Å². The first-order valence-corrected chi connectivity index (χ1v) is 7.17. The molecule has 0 radical (unpaired) electrons. The van der Waals surface area contributed by atoms with Gasteiger partial charge in [0.2, 0.25) is 0 Å². The third-order valence-electron chi connectivity index (χ3n) is 5.51. The van der Waals surface area contributed by atoms with Gasteiger partial charge in [-0.3, -0.25) is 0 Å². The summed E-state index contributed by atoms with van der Waals surface area (Å²) in [4.78, 5) is 0. The van der Waals surface area contributed by atoms with Gasteiger partial charge in [0.1, 0.15) is 11.6 Å². The lowest BCUT2D eigenvalue weighted by molar-refractivity contribution is 0.00845. The zero-order chi connectivity index (χ0) is 13.6.